The summed E-state index contributed by atoms with van der Waals surface area (Å²) in [5.74, 6) is 2.67. The Hall–Kier alpha value is -1.22. The number of hydrogen-bond donors (Lipinski definition) is 1. The van der Waals surface area contributed by atoms with Crippen LogP contribution in [0.3, 0.4) is 0 Å². The molecular weight excluding hydrogens is 252 g/mol. The molecule has 3 heteroatoms. The molecule has 1 saturated carbocycles. The molecular formula is C17H26O3. The first-order chi connectivity index (χ1) is 9.50. The van der Waals surface area contributed by atoms with Gasteiger partial charge in [0.05, 0.1) is 19.8 Å². The second-order valence-corrected chi connectivity index (χ2v) is 6.20. The second kappa shape index (κ2) is 6.04. The lowest BCUT2D eigenvalue weighted by Gasteiger charge is -2.39. The fourth-order valence-electron chi connectivity index (χ4n) is 3.29. The minimum atomic E-state index is -0.799. The van der Waals surface area contributed by atoms with Gasteiger partial charge in [0.25, 0.3) is 0 Å². The molecule has 1 aromatic carbocycles. The van der Waals surface area contributed by atoms with Gasteiger partial charge in [0, 0.05) is 5.56 Å². The highest BCUT2D eigenvalue weighted by atomic mass is 16.5. The van der Waals surface area contributed by atoms with Gasteiger partial charge in [-0.25, -0.2) is 0 Å². The SMILES string of the molecule is COc1ccc(OC)c(C2(O)CCCC(C(C)C)C2)c1. The smallest absolute Gasteiger partial charge is 0.125 e. The van der Waals surface area contributed by atoms with E-state index < -0.39 is 5.60 Å². The lowest BCUT2D eigenvalue weighted by Crippen LogP contribution is -2.34. The topological polar surface area (TPSA) is 38.7 Å². The molecule has 1 aromatic rings. The quantitative estimate of drug-likeness (QED) is 0.912. The first-order valence-corrected chi connectivity index (χ1v) is 7.45. The first kappa shape index (κ1) is 15.2. The maximum absolute atomic E-state index is 11.2. The van der Waals surface area contributed by atoms with Crippen LogP contribution < -0.4 is 9.47 Å². The zero-order chi connectivity index (χ0) is 14.8. The third-order valence-electron chi connectivity index (χ3n) is 4.62. The van der Waals surface area contributed by atoms with Crippen molar-refractivity contribution in [2.45, 2.75) is 45.1 Å². The molecule has 0 aliphatic heterocycles. The summed E-state index contributed by atoms with van der Waals surface area (Å²) in [6.45, 7) is 4.47. The third-order valence-corrected chi connectivity index (χ3v) is 4.62. The Morgan fingerprint density at radius 2 is 2.00 bits per heavy atom. The molecule has 1 aliphatic carbocycles. The molecule has 0 heterocycles. The summed E-state index contributed by atoms with van der Waals surface area (Å²) in [6.07, 6.45) is 3.85. The highest BCUT2D eigenvalue weighted by molar-refractivity contribution is 5.44. The minimum Gasteiger partial charge on any atom is -0.497 e. The van der Waals surface area contributed by atoms with Crippen LogP contribution in [0.1, 0.15) is 45.1 Å². The summed E-state index contributed by atoms with van der Waals surface area (Å²) < 4.78 is 10.7. The van der Waals surface area contributed by atoms with Gasteiger partial charge < -0.3 is 14.6 Å². The second-order valence-electron chi connectivity index (χ2n) is 6.20. The summed E-state index contributed by atoms with van der Waals surface area (Å²) in [5.41, 5.74) is 0.0669. The van der Waals surface area contributed by atoms with Crippen LogP contribution in [0, 0.1) is 11.8 Å². The number of aliphatic hydroxyl groups is 1. The van der Waals surface area contributed by atoms with Crippen molar-refractivity contribution in [3.63, 3.8) is 0 Å². The van der Waals surface area contributed by atoms with Gasteiger partial charge in [0.2, 0.25) is 0 Å². The molecule has 3 nitrogen and oxygen atoms in total. The molecule has 2 unspecified atom stereocenters. The fraction of sp³-hybridized carbons (Fsp3) is 0.647. The van der Waals surface area contributed by atoms with Gasteiger partial charge in [0.15, 0.2) is 0 Å². The molecule has 2 atom stereocenters. The van der Waals surface area contributed by atoms with E-state index in [0.29, 0.717) is 11.8 Å². The molecule has 1 aliphatic rings. The first-order valence-electron chi connectivity index (χ1n) is 7.45. The van der Waals surface area contributed by atoms with Gasteiger partial charge in [-0.1, -0.05) is 13.8 Å². The molecule has 2 rings (SSSR count). The van der Waals surface area contributed by atoms with Crippen LogP contribution in [0.2, 0.25) is 0 Å². The number of hydrogen-bond acceptors (Lipinski definition) is 3. The maximum Gasteiger partial charge on any atom is 0.125 e. The number of benzene rings is 1. The highest BCUT2D eigenvalue weighted by Crippen LogP contribution is 2.46. The van der Waals surface area contributed by atoms with E-state index in [1.54, 1.807) is 14.2 Å². The van der Waals surface area contributed by atoms with E-state index >= 15 is 0 Å². The molecule has 0 bridgehead atoms. The molecule has 112 valence electrons. The molecule has 0 aromatic heterocycles. The van der Waals surface area contributed by atoms with Crippen LogP contribution >= 0.6 is 0 Å². The Balaban J connectivity index is 2.37. The monoisotopic (exact) mass is 278 g/mol. The standard InChI is InChI=1S/C17H26O3/c1-12(2)13-6-5-9-17(18,11-13)15-10-14(19-3)7-8-16(15)20-4/h7-8,10,12-13,18H,5-6,9,11H2,1-4H3. The van der Waals surface area contributed by atoms with Crippen LogP contribution in [0.25, 0.3) is 0 Å². The van der Waals surface area contributed by atoms with E-state index in [9.17, 15) is 5.11 Å². The van der Waals surface area contributed by atoms with Gasteiger partial charge in [-0.15, -0.1) is 0 Å². The lowest BCUT2D eigenvalue weighted by molar-refractivity contribution is -0.0312. The largest absolute Gasteiger partial charge is 0.497 e. The number of methoxy groups -OCH3 is 2. The van der Waals surface area contributed by atoms with Crippen LogP contribution in [-0.4, -0.2) is 19.3 Å². The van der Waals surface area contributed by atoms with E-state index in [1.807, 2.05) is 18.2 Å². The van der Waals surface area contributed by atoms with Gasteiger partial charge in [-0.2, -0.15) is 0 Å². The van der Waals surface area contributed by atoms with Crippen molar-refractivity contribution >= 4 is 0 Å². The highest BCUT2D eigenvalue weighted by Gasteiger charge is 2.39. The Morgan fingerprint density at radius 1 is 1.25 bits per heavy atom. The van der Waals surface area contributed by atoms with Crippen LogP contribution in [-0.2, 0) is 5.60 Å². The normalized spacial score (nSPS) is 26.6. The zero-order valence-electron chi connectivity index (χ0n) is 13.0. The molecule has 0 spiro atoms. The third kappa shape index (κ3) is 2.93. The van der Waals surface area contributed by atoms with Crippen LogP contribution in [0.5, 0.6) is 11.5 Å². The minimum absolute atomic E-state index is 0.560. The molecule has 1 fully saturated rings. The van der Waals surface area contributed by atoms with Gasteiger partial charge in [0.1, 0.15) is 11.5 Å². The molecule has 0 amide bonds. The van der Waals surface area contributed by atoms with E-state index in [2.05, 4.69) is 13.8 Å². The average molecular weight is 278 g/mol. The Bertz CT molecular complexity index is 456. The van der Waals surface area contributed by atoms with E-state index in [0.717, 1.165) is 36.3 Å². The molecule has 1 N–H and O–H groups in total. The van der Waals surface area contributed by atoms with E-state index in [-0.39, 0.29) is 0 Å². The van der Waals surface area contributed by atoms with E-state index in [1.165, 1.54) is 6.42 Å². The Kier molecular flexibility index (Phi) is 4.59. The predicted molar refractivity (Wildman–Crippen MR) is 80.2 cm³/mol. The van der Waals surface area contributed by atoms with Crippen molar-refractivity contribution in [1.29, 1.82) is 0 Å². The summed E-state index contributed by atoms with van der Waals surface area (Å²) in [4.78, 5) is 0. The Labute approximate surface area is 121 Å². The average Bonchev–Trinajstić information content (AvgIpc) is 2.46. The van der Waals surface area contributed by atoms with Gasteiger partial charge in [-0.3, -0.25) is 0 Å². The zero-order valence-corrected chi connectivity index (χ0v) is 13.0. The fourth-order valence-corrected chi connectivity index (χ4v) is 3.29. The molecule has 0 saturated heterocycles. The Morgan fingerprint density at radius 3 is 2.60 bits per heavy atom. The van der Waals surface area contributed by atoms with Crippen molar-refractivity contribution in [2.24, 2.45) is 11.8 Å². The number of rotatable bonds is 4. The lowest BCUT2D eigenvalue weighted by atomic mass is 9.70. The molecule has 20 heavy (non-hydrogen) atoms. The molecule has 0 radical (unpaired) electrons. The summed E-state index contributed by atoms with van der Waals surface area (Å²) in [7, 11) is 3.30. The van der Waals surface area contributed by atoms with Crippen LogP contribution in [0.15, 0.2) is 18.2 Å². The summed E-state index contributed by atoms with van der Waals surface area (Å²) in [6, 6.07) is 5.67. The van der Waals surface area contributed by atoms with Crippen molar-refractivity contribution in [3.8, 4) is 11.5 Å². The van der Waals surface area contributed by atoms with Crippen molar-refractivity contribution in [2.75, 3.05) is 14.2 Å². The van der Waals surface area contributed by atoms with Crippen molar-refractivity contribution in [3.05, 3.63) is 23.8 Å². The van der Waals surface area contributed by atoms with Gasteiger partial charge in [-0.05, 0) is 55.7 Å². The number of ether oxygens (including phenoxy) is 2. The maximum atomic E-state index is 11.2. The predicted octanol–water partition coefficient (Wildman–Crippen LogP) is 3.74. The summed E-state index contributed by atoms with van der Waals surface area (Å²) in [5, 5.41) is 11.2. The van der Waals surface area contributed by atoms with Gasteiger partial charge >= 0.3 is 0 Å². The van der Waals surface area contributed by atoms with Crippen molar-refractivity contribution < 1.29 is 14.6 Å². The van der Waals surface area contributed by atoms with Crippen molar-refractivity contribution in [1.82, 2.24) is 0 Å². The van der Waals surface area contributed by atoms with E-state index in [4.69, 9.17) is 9.47 Å². The van der Waals surface area contributed by atoms with Crippen LogP contribution in [0.4, 0.5) is 0 Å². The summed E-state index contributed by atoms with van der Waals surface area (Å²) >= 11 is 0.